The van der Waals surface area contributed by atoms with Crippen LogP contribution in [0, 0.1) is 23.2 Å². The lowest BCUT2D eigenvalue weighted by Crippen LogP contribution is -2.53. The van der Waals surface area contributed by atoms with Gasteiger partial charge < -0.3 is 5.32 Å². The summed E-state index contributed by atoms with van der Waals surface area (Å²) in [5.41, 5.74) is 1.13. The van der Waals surface area contributed by atoms with E-state index in [9.17, 15) is 4.79 Å². The number of rotatable bonds is 3. The van der Waals surface area contributed by atoms with E-state index in [4.69, 9.17) is 0 Å². The van der Waals surface area contributed by atoms with Gasteiger partial charge in [-0.3, -0.25) is 4.79 Å². The van der Waals surface area contributed by atoms with Crippen LogP contribution in [0.2, 0.25) is 0 Å². The van der Waals surface area contributed by atoms with Gasteiger partial charge in [-0.2, -0.15) is 0 Å². The van der Waals surface area contributed by atoms with Crippen molar-refractivity contribution in [3.63, 3.8) is 0 Å². The Morgan fingerprint density at radius 3 is 2.24 bits per heavy atom. The van der Waals surface area contributed by atoms with Gasteiger partial charge in [0, 0.05) is 16.4 Å². The number of amides is 1. The van der Waals surface area contributed by atoms with E-state index in [1.54, 1.807) is 0 Å². The Kier molecular flexibility index (Phi) is 3.36. The normalized spacial score (nSPS) is 36.7. The second-order valence-corrected chi connectivity index (χ2v) is 8.33. The highest BCUT2D eigenvalue weighted by atomic mass is 79.9. The van der Waals surface area contributed by atoms with Crippen molar-refractivity contribution in [1.29, 1.82) is 0 Å². The highest BCUT2D eigenvalue weighted by Gasteiger charge is 2.54. The van der Waals surface area contributed by atoms with E-state index >= 15 is 0 Å². The molecule has 0 atom stereocenters. The van der Waals surface area contributed by atoms with Crippen LogP contribution in [0.4, 0.5) is 0 Å². The molecule has 21 heavy (non-hydrogen) atoms. The lowest BCUT2D eigenvalue weighted by Gasteiger charge is -2.55. The summed E-state index contributed by atoms with van der Waals surface area (Å²) in [6.07, 6.45) is 7.58. The monoisotopic (exact) mass is 347 g/mol. The molecule has 112 valence electrons. The van der Waals surface area contributed by atoms with E-state index in [1.165, 1.54) is 19.3 Å². The van der Waals surface area contributed by atoms with Crippen LogP contribution < -0.4 is 5.32 Å². The van der Waals surface area contributed by atoms with Crippen molar-refractivity contribution >= 4 is 21.8 Å². The van der Waals surface area contributed by atoms with E-state index < -0.39 is 0 Å². The minimum atomic E-state index is -0.0317. The molecule has 0 unspecified atom stereocenters. The molecule has 4 aliphatic carbocycles. The Bertz CT molecular complexity index is 533. The lowest BCUT2D eigenvalue weighted by molar-refractivity contribution is -0.146. The Hall–Kier alpha value is -0.830. The highest BCUT2D eigenvalue weighted by molar-refractivity contribution is 9.10. The van der Waals surface area contributed by atoms with Gasteiger partial charge >= 0.3 is 0 Å². The molecule has 4 fully saturated rings. The zero-order valence-electron chi connectivity index (χ0n) is 12.3. The van der Waals surface area contributed by atoms with Crippen LogP contribution in [0.15, 0.2) is 28.7 Å². The second-order valence-electron chi connectivity index (χ2n) is 7.47. The van der Waals surface area contributed by atoms with Crippen molar-refractivity contribution in [3.8, 4) is 0 Å². The fraction of sp³-hybridized carbons (Fsp3) is 0.611. The molecule has 0 spiro atoms. The molecule has 0 aliphatic heterocycles. The molecule has 0 saturated heterocycles. The van der Waals surface area contributed by atoms with Gasteiger partial charge in [0.2, 0.25) is 5.91 Å². The molecule has 1 aromatic carbocycles. The first-order valence-electron chi connectivity index (χ1n) is 8.16. The maximum Gasteiger partial charge on any atom is 0.226 e. The molecule has 2 nitrogen and oxygen atoms in total. The first-order valence-corrected chi connectivity index (χ1v) is 8.96. The summed E-state index contributed by atoms with van der Waals surface area (Å²) in [4.78, 5) is 12.9. The molecule has 4 saturated carbocycles. The van der Waals surface area contributed by atoms with Crippen LogP contribution in [0.5, 0.6) is 0 Å². The van der Waals surface area contributed by atoms with Gasteiger partial charge in [-0.1, -0.05) is 34.1 Å². The summed E-state index contributed by atoms with van der Waals surface area (Å²) in [5.74, 6) is 2.79. The van der Waals surface area contributed by atoms with Gasteiger partial charge in [-0.15, -0.1) is 0 Å². The first kappa shape index (κ1) is 13.8. The van der Waals surface area contributed by atoms with Crippen molar-refractivity contribution in [3.05, 3.63) is 34.3 Å². The molecule has 1 N–H and O–H groups in total. The third-order valence-corrected chi connectivity index (χ3v) is 6.69. The van der Waals surface area contributed by atoms with Crippen molar-refractivity contribution in [1.82, 2.24) is 5.32 Å². The van der Waals surface area contributed by atoms with Crippen LogP contribution in [0.1, 0.15) is 44.1 Å². The molecule has 1 aromatic rings. The lowest BCUT2D eigenvalue weighted by atomic mass is 9.49. The molecule has 3 heteroatoms. The SMILES string of the molecule is O=C(NCc1ccccc1Br)C12CC3CC(CC(C3)C1)C2. The van der Waals surface area contributed by atoms with Crippen LogP contribution in [0.3, 0.4) is 0 Å². The number of hydrogen-bond donors (Lipinski definition) is 1. The van der Waals surface area contributed by atoms with Gasteiger partial charge in [0.1, 0.15) is 0 Å². The number of carbonyl (C=O) groups excluding carboxylic acids is 1. The summed E-state index contributed by atoms with van der Waals surface area (Å²) in [5, 5.41) is 3.23. The molecule has 1 amide bonds. The largest absolute Gasteiger partial charge is 0.352 e. The van der Waals surface area contributed by atoms with E-state index in [1.807, 2.05) is 18.2 Å². The maximum atomic E-state index is 12.9. The standard InChI is InChI=1S/C18H22BrNO/c19-16-4-2-1-3-15(16)11-20-17(21)18-8-12-5-13(9-18)7-14(6-12)10-18/h1-4,12-14H,5-11H2,(H,20,21). The molecule has 0 radical (unpaired) electrons. The van der Waals surface area contributed by atoms with E-state index in [2.05, 4.69) is 27.3 Å². The third-order valence-electron chi connectivity index (χ3n) is 5.92. The molecule has 0 aromatic heterocycles. The number of halogens is 1. The van der Waals surface area contributed by atoms with Gasteiger partial charge in [-0.25, -0.2) is 0 Å². The zero-order valence-corrected chi connectivity index (χ0v) is 13.9. The average Bonchev–Trinajstić information content (AvgIpc) is 2.44. The number of nitrogens with one attached hydrogen (secondary N) is 1. The molecule has 5 rings (SSSR count). The second kappa shape index (κ2) is 5.12. The van der Waals surface area contributed by atoms with E-state index in [-0.39, 0.29) is 5.41 Å². The van der Waals surface area contributed by atoms with Gasteiger partial charge in [0.05, 0.1) is 0 Å². The Morgan fingerprint density at radius 1 is 1.10 bits per heavy atom. The van der Waals surface area contributed by atoms with Gasteiger partial charge in [-0.05, 0) is 67.9 Å². The zero-order chi connectivity index (χ0) is 14.4. The maximum absolute atomic E-state index is 12.9. The molecule has 0 heterocycles. The predicted octanol–water partition coefficient (Wildman–Crippen LogP) is 4.28. The summed E-state index contributed by atoms with van der Waals surface area (Å²) in [7, 11) is 0. The fourth-order valence-electron chi connectivity index (χ4n) is 5.39. The van der Waals surface area contributed by atoms with Crippen LogP contribution in [-0.4, -0.2) is 5.91 Å². The molecular formula is C18H22BrNO. The highest BCUT2D eigenvalue weighted by Crippen LogP contribution is 2.60. The van der Waals surface area contributed by atoms with E-state index in [0.717, 1.165) is 47.1 Å². The summed E-state index contributed by atoms with van der Waals surface area (Å²) in [6.45, 7) is 0.641. The minimum Gasteiger partial charge on any atom is -0.352 e. The van der Waals surface area contributed by atoms with Crippen molar-refractivity contribution in [2.45, 2.75) is 45.1 Å². The summed E-state index contributed by atoms with van der Waals surface area (Å²) < 4.78 is 1.08. The van der Waals surface area contributed by atoms with Crippen molar-refractivity contribution in [2.24, 2.45) is 23.2 Å². The summed E-state index contributed by atoms with van der Waals surface area (Å²) in [6, 6.07) is 8.14. The fourth-order valence-corrected chi connectivity index (χ4v) is 5.82. The molecule has 4 aliphatic rings. The van der Waals surface area contributed by atoms with Crippen molar-refractivity contribution in [2.75, 3.05) is 0 Å². The number of hydrogen-bond acceptors (Lipinski definition) is 1. The quantitative estimate of drug-likeness (QED) is 0.868. The Morgan fingerprint density at radius 2 is 1.67 bits per heavy atom. The smallest absolute Gasteiger partial charge is 0.226 e. The predicted molar refractivity (Wildman–Crippen MR) is 86.6 cm³/mol. The van der Waals surface area contributed by atoms with E-state index in [0.29, 0.717) is 12.5 Å². The first-order chi connectivity index (χ1) is 10.1. The van der Waals surface area contributed by atoms with Crippen LogP contribution in [-0.2, 0) is 11.3 Å². The number of carbonyl (C=O) groups is 1. The summed E-state index contributed by atoms with van der Waals surface area (Å²) >= 11 is 3.56. The average molecular weight is 348 g/mol. The number of benzene rings is 1. The molecule has 4 bridgehead atoms. The Balaban J connectivity index is 1.47. The van der Waals surface area contributed by atoms with Gasteiger partial charge in [0.15, 0.2) is 0 Å². The van der Waals surface area contributed by atoms with Crippen molar-refractivity contribution < 1.29 is 4.79 Å². The Labute approximate surface area is 134 Å². The minimum absolute atomic E-state index is 0.0317. The van der Waals surface area contributed by atoms with Gasteiger partial charge in [0.25, 0.3) is 0 Å². The topological polar surface area (TPSA) is 29.1 Å². The van der Waals surface area contributed by atoms with Crippen LogP contribution >= 0.6 is 15.9 Å². The van der Waals surface area contributed by atoms with Crippen LogP contribution in [0.25, 0.3) is 0 Å². The molecular weight excluding hydrogens is 326 g/mol. The third kappa shape index (κ3) is 2.44.